The summed E-state index contributed by atoms with van der Waals surface area (Å²) in [5.41, 5.74) is 5.57. The van der Waals surface area contributed by atoms with Crippen LogP contribution in [0.25, 0.3) is 0 Å². The quantitative estimate of drug-likeness (QED) is 0.0530. The van der Waals surface area contributed by atoms with Crippen LogP contribution in [0.4, 0.5) is 0 Å². The summed E-state index contributed by atoms with van der Waals surface area (Å²) >= 11 is 0. The maximum atomic E-state index is 14.0. The molecule has 11 N–H and O–H groups in total. The molecule has 0 aromatic heterocycles. The molecule has 7 atom stereocenters. The standard InChI is InChI=1S/C34H54N8O14/c1-16(2)11-20(33(55)41-9-5-7-22(41)30(52)37-19(13-25(46)47)29(51)36-14-26(48)49)38-32(54)27(17(3)4)40-31(53)23-8-6-10-42(23)34(56)21(15-43)39-28(50)18(35)12-24(44)45/h16-23,27,43H,5-15,35H2,1-4H3,(H,36,51)(H,37,52)(H,38,54)(H,39,50)(H,40,53)(H,44,45)(H,46,47)(H,48,49)/t18-,19-,20-,21-,22-,23-,27-/m0/s1. The summed E-state index contributed by atoms with van der Waals surface area (Å²) in [5.74, 6) is -10.7. The fraction of sp³-hybridized carbons (Fsp3) is 0.706. The predicted molar refractivity (Wildman–Crippen MR) is 192 cm³/mol. The number of nitrogens with two attached hydrogens (primary N) is 1. The number of amides is 7. The highest BCUT2D eigenvalue weighted by atomic mass is 16.4. The zero-order valence-corrected chi connectivity index (χ0v) is 31.8. The number of carboxylic acid groups (broad SMARTS) is 3. The van der Waals surface area contributed by atoms with E-state index in [1.54, 1.807) is 27.7 Å². The Morgan fingerprint density at radius 3 is 1.61 bits per heavy atom. The molecule has 0 aromatic rings. The predicted octanol–water partition coefficient (Wildman–Crippen LogP) is -3.92. The van der Waals surface area contributed by atoms with Gasteiger partial charge in [0, 0.05) is 13.1 Å². The number of aliphatic hydroxyl groups is 1. The zero-order valence-electron chi connectivity index (χ0n) is 31.8. The highest BCUT2D eigenvalue weighted by Crippen LogP contribution is 2.22. The number of carbonyl (C=O) groups is 10. The molecule has 2 aliphatic heterocycles. The van der Waals surface area contributed by atoms with Gasteiger partial charge in [0.25, 0.3) is 0 Å². The van der Waals surface area contributed by atoms with Gasteiger partial charge in [-0.15, -0.1) is 0 Å². The van der Waals surface area contributed by atoms with Gasteiger partial charge in [-0.05, 0) is 43.9 Å². The van der Waals surface area contributed by atoms with Crippen molar-refractivity contribution in [1.29, 1.82) is 0 Å². The highest BCUT2D eigenvalue weighted by Gasteiger charge is 2.42. The molecule has 2 aliphatic rings. The van der Waals surface area contributed by atoms with Crippen LogP contribution >= 0.6 is 0 Å². The number of hydrogen-bond donors (Lipinski definition) is 10. The van der Waals surface area contributed by atoms with Gasteiger partial charge in [0.1, 0.15) is 42.8 Å². The molecule has 0 spiro atoms. The molecule has 2 rings (SSSR count). The molecule has 314 valence electrons. The Bertz CT molecular complexity index is 1510. The number of nitrogens with one attached hydrogen (secondary N) is 5. The van der Waals surface area contributed by atoms with Crippen LogP contribution in [-0.2, 0) is 47.9 Å². The second kappa shape index (κ2) is 21.6. The molecule has 2 saturated heterocycles. The Morgan fingerprint density at radius 2 is 1.14 bits per heavy atom. The lowest BCUT2D eigenvalue weighted by Gasteiger charge is -2.32. The van der Waals surface area contributed by atoms with Crippen LogP contribution in [-0.4, -0.2) is 158 Å². The van der Waals surface area contributed by atoms with Crippen molar-refractivity contribution in [2.75, 3.05) is 26.2 Å². The van der Waals surface area contributed by atoms with Crippen LogP contribution in [0.1, 0.15) is 72.6 Å². The summed E-state index contributed by atoms with van der Waals surface area (Å²) in [4.78, 5) is 128. The molecule has 22 heteroatoms. The first kappa shape index (κ1) is 46.8. The summed E-state index contributed by atoms with van der Waals surface area (Å²) in [6.07, 6.45) is -0.423. The number of nitrogens with zero attached hydrogens (tertiary/aromatic N) is 2. The lowest BCUT2D eigenvalue weighted by atomic mass is 9.99. The van der Waals surface area contributed by atoms with E-state index in [-0.39, 0.29) is 38.3 Å². The van der Waals surface area contributed by atoms with Gasteiger partial charge < -0.3 is 62.5 Å². The molecule has 56 heavy (non-hydrogen) atoms. The third-order valence-corrected chi connectivity index (χ3v) is 9.20. The molecule has 0 saturated carbocycles. The van der Waals surface area contributed by atoms with E-state index in [9.17, 15) is 58.2 Å². The van der Waals surface area contributed by atoms with Crippen molar-refractivity contribution >= 4 is 59.3 Å². The molecular formula is C34H54N8O14. The normalized spacial score (nSPS) is 19.3. The van der Waals surface area contributed by atoms with Gasteiger partial charge in [-0.2, -0.15) is 0 Å². The second-order valence-electron chi connectivity index (χ2n) is 14.5. The van der Waals surface area contributed by atoms with Gasteiger partial charge in [-0.25, -0.2) is 0 Å². The van der Waals surface area contributed by atoms with E-state index < -0.39 is 133 Å². The smallest absolute Gasteiger partial charge is 0.322 e. The average molecular weight is 799 g/mol. The van der Waals surface area contributed by atoms with E-state index in [1.165, 1.54) is 4.90 Å². The van der Waals surface area contributed by atoms with Crippen LogP contribution in [0, 0.1) is 11.8 Å². The van der Waals surface area contributed by atoms with E-state index in [0.717, 1.165) is 4.90 Å². The number of carbonyl (C=O) groups excluding carboxylic acids is 7. The Hall–Kier alpha value is -5.38. The van der Waals surface area contributed by atoms with Crippen molar-refractivity contribution in [2.24, 2.45) is 17.6 Å². The summed E-state index contributed by atoms with van der Waals surface area (Å²) in [7, 11) is 0. The van der Waals surface area contributed by atoms with Crippen LogP contribution in [0.5, 0.6) is 0 Å². The van der Waals surface area contributed by atoms with Crippen molar-refractivity contribution < 1.29 is 68.4 Å². The molecule has 0 radical (unpaired) electrons. The third kappa shape index (κ3) is 13.7. The summed E-state index contributed by atoms with van der Waals surface area (Å²) < 4.78 is 0. The van der Waals surface area contributed by atoms with Crippen LogP contribution < -0.4 is 32.3 Å². The minimum absolute atomic E-state index is 0.0720. The lowest BCUT2D eigenvalue weighted by molar-refractivity contribution is -0.145. The van der Waals surface area contributed by atoms with Crippen molar-refractivity contribution in [3.63, 3.8) is 0 Å². The minimum atomic E-state index is -1.64. The Balaban J connectivity index is 2.21. The maximum absolute atomic E-state index is 14.0. The van der Waals surface area contributed by atoms with E-state index in [0.29, 0.717) is 12.8 Å². The van der Waals surface area contributed by atoms with E-state index in [1.807, 2.05) is 5.32 Å². The highest BCUT2D eigenvalue weighted by molar-refractivity contribution is 5.98. The molecular weight excluding hydrogens is 744 g/mol. The van der Waals surface area contributed by atoms with E-state index in [4.69, 9.17) is 15.9 Å². The molecule has 22 nitrogen and oxygen atoms in total. The SMILES string of the molecule is CC(C)C[C@H](NC(=O)[C@@H](NC(=O)[C@@H]1CCCN1C(=O)[C@H](CO)NC(=O)[C@@H](N)CC(=O)O)C(C)C)C(=O)N1CCC[C@H]1C(=O)N[C@@H](CC(=O)O)C(=O)NCC(=O)O. The maximum Gasteiger partial charge on any atom is 0.322 e. The first-order valence-corrected chi connectivity index (χ1v) is 18.3. The number of hydrogen-bond acceptors (Lipinski definition) is 12. The van der Waals surface area contributed by atoms with E-state index >= 15 is 0 Å². The lowest BCUT2D eigenvalue weighted by Crippen LogP contribution is -2.61. The average Bonchev–Trinajstić information content (AvgIpc) is 3.80. The van der Waals surface area contributed by atoms with Gasteiger partial charge in [0.2, 0.25) is 41.4 Å². The largest absolute Gasteiger partial charge is 0.481 e. The zero-order chi connectivity index (χ0) is 42.4. The van der Waals surface area contributed by atoms with Crippen LogP contribution in [0.2, 0.25) is 0 Å². The Morgan fingerprint density at radius 1 is 0.643 bits per heavy atom. The molecule has 0 unspecified atom stereocenters. The van der Waals surface area contributed by atoms with Crippen LogP contribution in [0.15, 0.2) is 0 Å². The fourth-order valence-corrected chi connectivity index (χ4v) is 6.43. The van der Waals surface area contributed by atoms with Gasteiger partial charge >= 0.3 is 17.9 Å². The Labute approximate surface area is 322 Å². The molecule has 7 amide bonds. The van der Waals surface area contributed by atoms with Gasteiger partial charge in [0.05, 0.1) is 25.5 Å². The molecule has 0 aromatic carbocycles. The monoisotopic (exact) mass is 798 g/mol. The number of likely N-dealkylation sites (tertiary alicyclic amines) is 2. The van der Waals surface area contributed by atoms with E-state index in [2.05, 4.69) is 21.3 Å². The van der Waals surface area contributed by atoms with Crippen molar-refractivity contribution in [3.8, 4) is 0 Å². The molecule has 0 aliphatic carbocycles. The summed E-state index contributed by atoms with van der Waals surface area (Å²) in [6.45, 7) is 5.34. The summed E-state index contributed by atoms with van der Waals surface area (Å²) in [6, 6.07) is -9.33. The van der Waals surface area contributed by atoms with Crippen molar-refractivity contribution in [3.05, 3.63) is 0 Å². The fourth-order valence-electron chi connectivity index (χ4n) is 6.43. The number of carboxylic acids is 3. The van der Waals surface area contributed by atoms with Crippen LogP contribution in [0.3, 0.4) is 0 Å². The molecule has 2 heterocycles. The molecule has 2 fully saturated rings. The van der Waals surface area contributed by atoms with Gasteiger partial charge in [0.15, 0.2) is 0 Å². The van der Waals surface area contributed by atoms with Gasteiger partial charge in [-0.3, -0.25) is 47.9 Å². The third-order valence-electron chi connectivity index (χ3n) is 9.20. The first-order chi connectivity index (χ1) is 26.2. The summed E-state index contributed by atoms with van der Waals surface area (Å²) in [5, 5.41) is 48.8. The minimum Gasteiger partial charge on any atom is -0.481 e. The number of aliphatic carboxylic acids is 3. The first-order valence-electron chi connectivity index (χ1n) is 18.3. The number of aliphatic hydroxyl groups excluding tert-OH is 1. The van der Waals surface area contributed by atoms with Crippen molar-refractivity contribution in [1.82, 2.24) is 36.4 Å². The molecule has 0 bridgehead atoms. The van der Waals surface area contributed by atoms with Gasteiger partial charge in [-0.1, -0.05) is 27.7 Å². The second-order valence-corrected chi connectivity index (χ2v) is 14.5. The van der Waals surface area contributed by atoms with Crippen molar-refractivity contribution in [2.45, 2.75) is 115 Å². The Kier molecular flexibility index (Phi) is 18.1. The number of rotatable bonds is 21. The topological polar surface area (TPSA) is 344 Å².